The number of ether oxygens (including phenoxy) is 1. The number of amides is 1. The van der Waals surface area contributed by atoms with E-state index >= 15 is 0 Å². The standard InChI is InChI=1S/C19H21N3O3/c1-5-14-8-6-7-9-15(14)22-16(23)10-24-18-17-11(2)12(3)25-19(17)21-13(4)20-18/h6-9H,5,10H2,1-4H3,(H,22,23). The number of carbonyl (C=O) groups excluding carboxylic acids is 1. The van der Waals surface area contributed by atoms with E-state index in [2.05, 4.69) is 15.3 Å². The minimum atomic E-state index is -0.233. The van der Waals surface area contributed by atoms with Crippen LogP contribution in [0.1, 0.15) is 29.6 Å². The maximum Gasteiger partial charge on any atom is 0.262 e. The second-order valence-corrected chi connectivity index (χ2v) is 5.89. The molecule has 0 saturated carbocycles. The highest BCUT2D eigenvalue weighted by Crippen LogP contribution is 2.30. The van der Waals surface area contributed by atoms with Gasteiger partial charge in [0.2, 0.25) is 11.6 Å². The summed E-state index contributed by atoms with van der Waals surface area (Å²) in [5.74, 6) is 1.44. The fourth-order valence-electron chi connectivity index (χ4n) is 2.69. The zero-order valence-electron chi connectivity index (χ0n) is 14.8. The van der Waals surface area contributed by atoms with Crippen molar-refractivity contribution < 1.29 is 13.9 Å². The first-order chi connectivity index (χ1) is 12.0. The van der Waals surface area contributed by atoms with Crippen LogP contribution in [0, 0.1) is 20.8 Å². The van der Waals surface area contributed by atoms with Gasteiger partial charge in [0.1, 0.15) is 17.0 Å². The molecule has 6 heteroatoms. The van der Waals surface area contributed by atoms with Crippen LogP contribution in [0.5, 0.6) is 5.88 Å². The van der Waals surface area contributed by atoms with Crippen LogP contribution in [0.25, 0.3) is 11.1 Å². The highest BCUT2D eigenvalue weighted by molar-refractivity contribution is 5.93. The molecule has 2 heterocycles. The molecule has 3 aromatic rings. The molecule has 0 bridgehead atoms. The van der Waals surface area contributed by atoms with Crippen molar-refractivity contribution >= 4 is 22.7 Å². The number of aromatic nitrogens is 2. The average molecular weight is 339 g/mol. The number of rotatable bonds is 5. The van der Waals surface area contributed by atoms with Gasteiger partial charge in [-0.25, -0.2) is 0 Å². The highest BCUT2D eigenvalue weighted by atomic mass is 16.5. The van der Waals surface area contributed by atoms with Crippen molar-refractivity contribution in [3.63, 3.8) is 0 Å². The van der Waals surface area contributed by atoms with E-state index in [0.717, 1.165) is 29.0 Å². The highest BCUT2D eigenvalue weighted by Gasteiger charge is 2.17. The van der Waals surface area contributed by atoms with Crippen molar-refractivity contribution in [2.24, 2.45) is 0 Å². The van der Waals surface area contributed by atoms with Crippen molar-refractivity contribution in [1.29, 1.82) is 0 Å². The summed E-state index contributed by atoms with van der Waals surface area (Å²) in [6.07, 6.45) is 0.844. The largest absolute Gasteiger partial charge is 0.467 e. The molecule has 0 spiro atoms. The summed E-state index contributed by atoms with van der Waals surface area (Å²) in [4.78, 5) is 20.9. The number of fused-ring (bicyclic) bond motifs is 1. The van der Waals surface area contributed by atoms with Crippen LogP contribution < -0.4 is 10.1 Å². The second-order valence-electron chi connectivity index (χ2n) is 5.89. The summed E-state index contributed by atoms with van der Waals surface area (Å²) in [7, 11) is 0. The van der Waals surface area contributed by atoms with E-state index in [9.17, 15) is 4.79 Å². The molecular weight excluding hydrogens is 318 g/mol. The summed E-state index contributed by atoms with van der Waals surface area (Å²) < 4.78 is 11.3. The summed E-state index contributed by atoms with van der Waals surface area (Å²) in [5, 5.41) is 3.60. The summed E-state index contributed by atoms with van der Waals surface area (Å²) in [6.45, 7) is 7.46. The third-order valence-electron chi connectivity index (χ3n) is 4.12. The first-order valence-corrected chi connectivity index (χ1v) is 8.24. The zero-order chi connectivity index (χ0) is 18.0. The Bertz CT molecular complexity index is 931. The van der Waals surface area contributed by atoms with Gasteiger partial charge in [0.05, 0.1) is 0 Å². The Balaban J connectivity index is 1.77. The van der Waals surface area contributed by atoms with Crippen LogP contribution in [0.3, 0.4) is 0 Å². The van der Waals surface area contributed by atoms with Gasteiger partial charge >= 0.3 is 0 Å². The van der Waals surface area contributed by atoms with E-state index in [1.54, 1.807) is 6.92 Å². The van der Waals surface area contributed by atoms with Crippen LogP contribution in [0.2, 0.25) is 0 Å². The van der Waals surface area contributed by atoms with Crippen LogP contribution in [0.4, 0.5) is 5.69 Å². The lowest BCUT2D eigenvalue weighted by molar-refractivity contribution is -0.118. The number of nitrogens with one attached hydrogen (secondary N) is 1. The number of hydrogen-bond acceptors (Lipinski definition) is 5. The Labute approximate surface area is 146 Å². The van der Waals surface area contributed by atoms with E-state index in [4.69, 9.17) is 9.15 Å². The lowest BCUT2D eigenvalue weighted by Crippen LogP contribution is -2.21. The molecule has 0 atom stereocenters. The molecule has 1 N–H and O–H groups in total. The van der Waals surface area contributed by atoms with Crippen molar-refractivity contribution in [2.75, 3.05) is 11.9 Å². The third kappa shape index (κ3) is 3.47. The van der Waals surface area contributed by atoms with E-state index in [-0.39, 0.29) is 12.5 Å². The van der Waals surface area contributed by atoms with Crippen LogP contribution in [0.15, 0.2) is 28.7 Å². The van der Waals surface area contributed by atoms with Gasteiger partial charge in [-0.3, -0.25) is 4.79 Å². The Kier molecular flexibility index (Phi) is 4.70. The summed E-state index contributed by atoms with van der Waals surface area (Å²) in [5.41, 5.74) is 3.28. The molecule has 130 valence electrons. The predicted molar refractivity (Wildman–Crippen MR) is 96.0 cm³/mol. The molecule has 0 saturated heterocycles. The van der Waals surface area contributed by atoms with Gasteiger partial charge in [0.25, 0.3) is 5.91 Å². The van der Waals surface area contributed by atoms with Gasteiger partial charge < -0.3 is 14.5 Å². The average Bonchev–Trinajstić information content (AvgIpc) is 2.87. The summed E-state index contributed by atoms with van der Waals surface area (Å²) in [6, 6.07) is 7.72. The molecule has 0 aliphatic rings. The number of hydrogen-bond donors (Lipinski definition) is 1. The minimum Gasteiger partial charge on any atom is -0.467 e. The molecule has 0 fully saturated rings. The lowest BCUT2D eigenvalue weighted by Gasteiger charge is -2.11. The normalized spacial score (nSPS) is 10.9. The maximum atomic E-state index is 12.3. The van der Waals surface area contributed by atoms with E-state index in [1.807, 2.05) is 45.0 Å². The Morgan fingerprint density at radius 3 is 2.72 bits per heavy atom. The van der Waals surface area contributed by atoms with Crippen molar-refractivity contribution in [2.45, 2.75) is 34.1 Å². The first kappa shape index (κ1) is 17.0. The van der Waals surface area contributed by atoms with Crippen LogP contribution >= 0.6 is 0 Å². The van der Waals surface area contributed by atoms with Crippen molar-refractivity contribution in [3.8, 4) is 5.88 Å². The van der Waals surface area contributed by atoms with E-state index < -0.39 is 0 Å². The van der Waals surface area contributed by atoms with Gasteiger partial charge in [-0.15, -0.1) is 0 Å². The molecule has 25 heavy (non-hydrogen) atoms. The first-order valence-electron chi connectivity index (χ1n) is 8.24. The molecule has 2 aromatic heterocycles. The SMILES string of the molecule is CCc1ccccc1NC(=O)COc1nc(C)nc2oc(C)c(C)c12. The quantitative estimate of drug-likeness (QED) is 0.766. The molecule has 6 nitrogen and oxygen atoms in total. The zero-order valence-corrected chi connectivity index (χ0v) is 14.8. The molecule has 1 amide bonds. The molecule has 0 unspecified atom stereocenters. The minimum absolute atomic E-state index is 0.132. The van der Waals surface area contributed by atoms with Crippen LogP contribution in [-0.4, -0.2) is 22.5 Å². The monoisotopic (exact) mass is 339 g/mol. The van der Waals surface area contributed by atoms with Crippen molar-refractivity contribution in [3.05, 3.63) is 47.0 Å². The van der Waals surface area contributed by atoms with Gasteiger partial charge in [0.15, 0.2) is 6.61 Å². The maximum absolute atomic E-state index is 12.3. The van der Waals surface area contributed by atoms with Gasteiger partial charge in [-0.2, -0.15) is 9.97 Å². The van der Waals surface area contributed by atoms with Crippen molar-refractivity contribution in [1.82, 2.24) is 9.97 Å². The van der Waals surface area contributed by atoms with Crippen LogP contribution in [-0.2, 0) is 11.2 Å². The fraction of sp³-hybridized carbons (Fsp3) is 0.316. The second kappa shape index (κ2) is 6.93. The molecule has 0 aliphatic heterocycles. The fourth-order valence-corrected chi connectivity index (χ4v) is 2.69. The number of nitrogens with zero attached hydrogens (tertiary/aromatic N) is 2. The smallest absolute Gasteiger partial charge is 0.262 e. The molecule has 0 radical (unpaired) electrons. The molecule has 1 aromatic carbocycles. The number of carbonyl (C=O) groups is 1. The number of furan rings is 1. The molecule has 0 aliphatic carbocycles. The lowest BCUT2D eigenvalue weighted by atomic mass is 10.1. The number of benzene rings is 1. The number of anilines is 1. The van der Waals surface area contributed by atoms with E-state index in [1.165, 1.54) is 0 Å². The Morgan fingerprint density at radius 1 is 1.20 bits per heavy atom. The van der Waals surface area contributed by atoms with Gasteiger partial charge in [-0.05, 0) is 38.8 Å². The summed E-state index contributed by atoms with van der Waals surface area (Å²) >= 11 is 0. The number of aryl methyl sites for hydroxylation is 4. The van der Waals surface area contributed by atoms with Gasteiger partial charge in [0, 0.05) is 11.3 Å². The topological polar surface area (TPSA) is 77.2 Å². The third-order valence-corrected chi connectivity index (χ3v) is 4.12. The number of para-hydroxylation sites is 1. The Hall–Kier alpha value is -2.89. The van der Waals surface area contributed by atoms with Gasteiger partial charge in [-0.1, -0.05) is 25.1 Å². The Morgan fingerprint density at radius 2 is 1.96 bits per heavy atom. The van der Waals surface area contributed by atoms with E-state index in [0.29, 0.717) is 22.8 Å². The molecular formula is C19H21N3O3. The molecule has 3 rings (SSSR count). The predicted octanol–water partition coefficient (Wildman–Crippen LogP) is 3.73.